The van der Waals surface area contributed by atoms with E-state index in [1.807, 2.05) is 0 Å². The van der Waals surface area contributed by atoms with Crippen LogP contribution in [0.3, 0.4) is 0 Å². The number of unbranched alkanes of at least 4 members (excludes halogenated alkanes) is 3. The molecular formula is C16H33N3O4S. The van der Waals surface area contributed by atoms with Crippen LogP contribution in [-0.4, -0.2) is 92.6 Å². The molecule has 0 amide bonds. The van der Waals surface area contributed by atoms with Crippen molar-refractivity contribution in [1.29, 1.82) is 0 Å². The molecule has 142 valence electrons. The van der Waals surface area contributed by atoms with Crippen LogP contribution >= 0.6 is 0 Å². The molecule has 2 saturated heterocycles. The summed E-state index contributed by atoms with van der Waals surface area (Å²) in [4.78, 5) is 4.94. The predicted octanol–water partition coefficient (Wildman–Crippen LogP) is 1.08. The standard InChI is InChI=1S/C16H33N3O4S/c1-17-11-13-18(14-12-17)8-4-2-3-5-15-23-16-6-9-19(10-7-16)24(20,21)22/h16H,2-15H2,1H3,(H,20,21,22). The van der Waals surface area contributed by atoms with Crippen molar-refractivity contribution in [2.45, 2.75) is 44.6 Å². The Morgan fingerprint density at radius 2 is 1.58 bits per heavy atom. The van der Waals surface area contributed by atoms with Crippen LogP contribution in [0.5, 0.6) is 0 Å². The van der Waals surface area contributed by atoms with Gasteiger partial charge in [0.25, 0.3) is 0 Å². The van der Waals surface area contributed by atoms with Gasteiger partial charge in [-0.3, -0.25) is 4.55 Å². The molecule has 2 aliphatic rings. The largest absolute Gasteiger partial charge is 0.378 e. The highest BCUT2D eigenvalue weighted by Gasteiger charge is 2.26. The van der Waals surface area contributed by atoms with E-state index in [-0.39, 0.29) is 6.10 Å². The van der Waals surface area contributed by atoms with Gasteiger partial charge in [-0.15, -0.1) is 0 Å². The zero-order valence-corrected chi connectivity index (χ0v) is 15.7. The zero-order valence-electron chi connectivity index (χ0n) is 14.9. The number of piperazine rings is 1. The van der Waals surface area contributed by atoms with Gasteiger partial charge in [0.1, 0.15) is 0 Å². The molecule has 0 atom stereocenters. The topological polar surface area (TPSA) is 73.3 Å². The third-order valence-electron chi connectivity index (χ3n) is 5.05. The van der Waals surface area contributed by atoms with E-state index in [2.05, 4.69) is 16.8 Å². The van der Waals surface area contributed by atoms with E-state index in [0.29, 0.717) is 25.9 Å². The second kappa shape index (κ2) is 10.0. The van der Waals surface area contributed by atoms with Gasteiger partial charge in [-0.25, -0.2) is 0 Å². The van der Waals surface area contributed by atoms with Crippen molar-refractivity contribution in [1.82, 2.24) is 14.1 Å². The molecule has 1 N–H and O–H groups in total. The lowest BCUT2D eigenvalue weighted by Crippen LogP contribution is -2.44. The molecule has 24 heavy (non-hydrogen) atoms. The summed E-state index contributed by atoms with van der Waals surface area (Å²) in [5.74, 6) is 0. The van der Waals surface area contributed by atoms with Crippen molar-refractivity contribution in [3.63, 3.8) is 0 Å². The average Bonchev–Trinajstić information content (AvgIpc) is 2.55. The third-order valence-corrected chi connectivity index (χ3v) is 6.06. The molecule has 0 aromatic heterocycles. The minimum absolute atomic E-state index is 0.133. The Bertz CT molecular complexity index is 444. The van der Waals surface area contributed by atoms with Gasteiger partial charge in [0.15, 0.2) is 0 Å². The minimum atomic E-state index is -4.03. The molecule has 0 spiro atoms. The lowest BCUT2D eigenvalue weighted by molar-refractivity contribution is 0.0181. The highest BCUT2D eigenvalue weighted by molar-refractivity contribution is 7.83. The van der Waals surface area contributed by atoms with Gasteiger partial charge >= 0.3 is 10.3 Å². The van der Waals surface area contributed by atoms with E-state index >= 15 is 0 Å². The van der Waals surface area contributed by atoms with Crippen molar-refractivity contribution in [2.75, 3.05) is 59.5 Å². The molecule has 2 aliphatic heterocycles. The molecule has 8 heteroatoms. The Kier molecular flexibility index (Phi) is 8.39. The average molecular weight is 364 g/mol. The van der Waals surface area contributed by atoms with Gasteiger partial charge < -0.3 is 14.5 Å². The summed E-state index contributed by atoms with van der Waals surface area (Å²) in [6, 6.07) is 0. The van der Waals surface area contributed by atoms with E-state index in [4.69, 9.17) is 9.29 Å². The molecule has 0 unspecified atom stereocenters. The Hall–Kier alpha value is -0.250. The summed E-state index contributed by atoms with van der Waals surface area (Å²) in [5, 5.41) is 0. The molecule has 0 saturated carbocycles. The minimum Gasteiger partial charge on any atom is -0.378 e. The number of likely N-dealkylation sites (N-methyl/N-ethyl adjacent to an activating group) is 1. The Morgan fingerprint density at radius 3 is 2.21 bits per heavy atom. The second-order valence-electron chi connectivity index (χ2n) is 7.01. The molecule has 0 aliphatic carbocycles. The van der Waals surface area contributed by atoms with Crippen LogP contribution in [-0.2, 0) is 15.0 Å². The first-order chi connectivity index (χ1) is 11.4. The van der Waals surface area contributed by atoms with E-state index in [0.717, 1.165) is 17.3 Å². The summed E-state index contributed by atoms with van der Waals surface area (Å²) in [5.41, 5.74) is 0. The molecular weight excluding hydrogens is 330 g/mol. The van der Waals surface area contributed by atoms with Crippen LogP contribution in [0.15, 0.2) is 0 Å². The van der Waals surface area contributed by atoms with Crippen LogP contribution in [0, 0.1) is 0 Å². The predicted molar refractivity (Wildman–Crippen MR) is 94.5 cm³/mol. The molecule has 0 aromatic carbocycles. The van der Waals surface area contributed by atoms with Crippen molar-refractivity contribution in [2.24, 2.45) is 0 Å². The van der Waals surface area contributed by atoms with Gasteiger partial charge in [0.05, 0.1) is 6.10 Å². The smallest absolute Gasteiger partial charge is 0.335 e. The van der Waals surface area contributed by atoms with Crippen molar-refractivity contribution < 1.29 is 17.7 Å². The number of piperidine rings is 1. The Balaban J connectivity index is 1.42. The van der Waals surface area contributed by atoms with E-state index in [1.165, 1.54) is 52.0 Å². The molecule has 0 aromatic rings. The summed E-state index contributed by atoms with van der Waals surface area (Å²) in [6.07, 6.45) is 6.24. The zero-order chi connectivity index (χ0) is 17.4. The maximum atomic E-state index is 11.0. The number of ether oxygens (including phenoxy) is 1. The summed E-state index contributed by atoms with van der Waals surface area (Å²) in [7, 11) is -1.84. The molecule has 0 bridgehead atoms. The summed E-state index contributed by atoms with van der Waals surface area (Å²) >= 11 is 0. The van der Waals surface area contributed by atoms with Crippen LogP contribution in [0.1, 0.15) is 38.5 Å². The highest BCUT2D eigenvalue weighted by Crippen LogP contribution is 2.16. The summed E-state index contributed by atoms with van der Waals surface area (Å²) < 4.78 is 38.0. The van der Waals surface area contributed by atoms with Crippen LogP contribution in [0.4, 0.5) is 0 Å². The lowest BCUT2D eigenvalue weighted by atomic mass is 10.1. The van der Waals surface area contributed by atoms with Crippen LogP contribution < -0.4 is 0 Å². The van der Waals surface area contributed by atoms with Gasteiger partial charge in [0, 0.05) is 45.9 Å². The fraction of sp³-hybridized carbons (Fsp3) is 1.00. The maximum absolute atomic E-state index is 11.0. The first kappa shape index (κ1) is 20.1. The fourth-order valence-electron chi connectivity index (χ4n) is 3.34. The fourth-order valence-corrected chi connectivity index (χ4v) is 4.01. The quantitative estimate of drug-likeness (QED) is 0.488. The Labute approximate surface area is 146 Å². The molecule has 2 fully saturated rings. The third kappa shape index (κ3) is 7.33. The SMILES string of the molecule is CN1CCN(CCCCCCOC2CCN(S(=O)(=O)O)CC2)CC1. The lowest BCUT2D eigenvalue weighted by Gasteiger charge is -2.32. The van der Waals surface area contributed by atoms with Crippen molar-refractivity contribution in [3.8, 4) is 0 Å². The summed E-state index contributed by atoms with van der Waals surface area (Å²) in [6.45, 7) is 7.44. The highest BCUT2D eigenvalue weighted by atomic mass is 32.2. The van der Waals surface area contributed by atoms with E-state index < -0.39 is 10.3 Å². The first-order valence-electron chi connectivity index (χ1n) is 9.20. The maximum Gasteiger partial charge on any atom is 0.335 e. The van der Waals surface area contributed by atoms with E-state index in [9.17, 15) is 8.42 Å². The first-order valence-corrected chi connectivity index (χ1v) is 10.6. The molecule has 2 rings (SSSR count). The van der Waals surface area contributed by atoms with Crippen LogP contribution in [0.2, 0.25) is 0 Å². The molecule has 7 nitrogen and oxygen atoms in total. The van der Waals surface area contributed by atoms with Crippen LogP contribution in [0.25, 0.3) is 0 Å². The Morgan fingerprint density at radius 1 is 0.958 bits per heavy atom. The molecule has 2 heterocycles. The van der Waals surface area contributed by atoms with Crippen molar-refractivity contribution in [3.05, 3.63) is 0 Å². The van der Waals surface area contributed by atoms with Gasteiger partial charge in [0.2, 0.25) is 0 Å². The number of nitrogens with zero attached hydrogens (tertiary/aromatic N) is 3. The number of rotatable bonds is 9. The normalized spacial score (nSPS) is 22.9. The van der Waals surface area contributed by atoms with E-state index in [1.54, 1.807) is 0 Å². The second-order valence-corrected chi connectivity index (χ2v) is 8.42. The van der Waals surface area contributed by atoms with Gasteiger partial charge in [-0.05, 0) is 39.3 Å². The molecule has 0 radical (unpaired) electrons. The van der Waals surface area contributed by atoms with Gasteiger partial charge in [-0.1, -0.05) is 12.8 Å². The van der Waals surface area contributed by atoms with Crippen molar-refractivity contribution >= 4 is 10.3 Å². The van der Waals surface area contributed by atoms with Gasteiger partial charge in [-0.2, -0.15) is 12.7 Å². The monoisotopic (exact) mass is 363 g/mol. The number of hydrogen-bond acceptors (Lipinski definition) is 5. The number of hydrogen-bond donors (Lipinski definition) is 1.